The molecule has 0 aromatic heterocycles. The van der Waals surface area contributed by atoms with Gasteiger partial charge >= 0.3 is 0 Å². The second kappa shape index (κ2) is 14.4. The maximum Gasteiger partial charge on any atom is 0.264 e. The van der Waals surface area contributed by atoms with Crippen LogP contribution in [0.3, 0.4) is 0 Å². The fourth-order valence-corrected chi connectivity index (χ4v) is 6.03. The molecular weight excluding hydrogens is 578 g/mol. The Morgan fingerprint density at radius 3 is 2.12 bits per heavy atom. The Hall–Kier alpha value is -3.76. The first-order valence-electron chi connectivity index (χ1n) is 13.6. The van der Waals surface area contributed by atoms with Crippen molar-refractivity contribution in [3.8, 4) is 11.5 Å². The summed E-state index contributed by atoms with van der Waals surface area (Å²) in [4.78, 5) is 28.4. The molecule has 9 nitrogen and oxygen atoms in total. The van der Waals surface area contributed by atoms with Crippen molar-refractivity contribution in [1.82, 2.24) is 10.2 Å². The SMILES string of the molecule is CCCNC(=O)[C@@H](C)N(Cc1ccc(Cl)cc1)C(=O)CN(c1cc(C)cc(C)c1)S(=O)(=O)c1ccc(OC)c(OC)c1. The Labute approximate surface area is 253 Å². The molecule has 3 rings (SSSR count). The molecular formula is C31H38ClN3O6S. The van der Waals surface area contributed by atoms with Crippen LogP contribution in [0.1, 0.15) is 37.0 Å². The second-order valence-electron chi connectivity index (χ2n) is 9.99. The van der Waals surface area contributed by atoms with E-state index < -0.39 is 28.5 Å². The lowest BCUT2D eigenvalue weighted by molar-refractivity contribution is -0.139. The minimum Gasteiger partial charge on any atom is -0.493 e. The zero-order valence-electron chi connectivity index (χ0n) is 24.8. The van der Waals surface area contributed by atoms with Crippen LogP contribution in [-0.2, 0) is 26.2 Å². The lowest BCUT2D eigenvalue weighted by atomic mass is 10.1. The number of benzene rings is 3. The van der Waals surface area contributed by atoms with Crippen LogP contribution in [0.5, 0.6) is 11.5 Å². The van der Waals surface area contributed by atoms with Gasteiger partial charge in [-0.3, -0.25) is 13.9 Å². The molecule has 0 spiro atoms. The standard InChI is InChI=1S/C31H38ClN3O6S/c1-7-14-33-31(37)23(4)34(19-24-8-10-25(32)11-9-24)30(36)20-35(26-16-21(2)15-22(3)17-26)42(38,39)27-12-13-28(40-5)29(18-27)41-6/h8-13,15-18,23H,7,14,19-20H2,1-6H3,(H,33,37)/t23-/m1/s1. The molecule has 2 amide bonds. The highest BCUT2D eigenvalue weighted by molar-refractivity contribution is 7.92. The summed E-state index contributed by atoms with van der Waals surface area (Å²) in [7, 11) is -1.41. The molecule has 0 aliphatic carbocycles. The Morgan fingerprint density at radius 2 is 1.55 bits per heavy atom. The first-order valence-corrected chi connectivity index (χ1v) is 15.4. The van der Waals surface area contributed by atoms with Gasteiger partial charge in [-0.05, 0) is 80.3 Å². The number of rotatable bonds is 13. The average molecular weight is 616 g/mol. The van der Waals surface area contributed by atoms with Gasteiger partial charge in [0.1, 0.15) is 12.6 Å². The summed E-state index contributed by atoms with van der Waals surface area (Å²) in [6, 6.07) is 15.7. The highest BCUT2D eigenvalue weighted by Gasteiger charge is 2.33. The molecule has 0 saturated carbocycles. The number of halogens is 1. The van der Waals surface area contributed by atoms with Crippen molar-refractivity contribution >= 4 is 39.1 Å². The molecule has 0 radical (unpaired) electrons. The van der Waals surface area contributed by atoms with Gasteiger partial charge in [-0.1, -0.05) is 36.7 Å². The van der Waals surface area contributed by atoms with Crippen LogP contribution in [0, 0.1) is 13.8 Å². The smallest absolute Gasteiger partial charge is 0.264 e. The van der Waals surface area contributed by atoms with Gasteiger partial charge in [-0.15, -0.1) is 0 Å². The third kappa shape index (κ3) is 7.95. The summed E-state index contributed by atoms with van der Waals surface area (Å²) >= 11 is 6.06. The van der Waals surface area contributed by atoms with Gasteiger partial charge in [-0.25, -0.2) is 8.42 Å². The molecule has 1 atom stereocenters. The number of carbonyl (C=O) groups is 2. The monoisotopic (exact) mass is 615 g/mol. The van der Waals surface area contributed by atoms with E-state index in [9.17, 15) is 18.0 Å². The molecule has 0 unspecified atom stereocenters. The van der Waals surface area contributed by atoms with Crippen LogP contribution in [0.15, 0.2) is 65.6 Å². The number of hydrogen-bond donors (Lipinski definition) is 1. The normalized spacial score (nSPS) is 11.9. The molecule has 0 saturated heterocycles. The molecule has 226 valence electrons. The number of anilines is 1. The lowest BCUT2D eigenvalue weighted by Crippen LogP contribution is -2.51. The van der Waals surface area contributed by atoms with E-state index in [4.69, 9.17) is 21.1 Å². The minimum atomic E-state index is -4.28. The third-order valence-electron chi connectivity index (χ3n) is 6.70. The summed E-state index contributed by atoms with van der Waals surface area (Å²) in [6.45, 7) is 7.25. The van der Waals surface area contributed by atoms with Crippen molar-refractivity contribution < 1.29 is 27.5 Å². The number of methoxy groups -OCH3 is 2. The maximum atomic E-state index is 14.2. The van der Waals surface area contributed by atoms with E-state index in [2.05, 4.69) is 5.32 Å². The van der Waals surface area contributed by atoms with Crippen LogP contribution in [0.4, 0.5) is 5.69 Å². The Morgan fingerprint density at radius 1 is 0.929 bits per heavy atom. The van der Waals surface area contributed by atoms with Gasteiger partial charge in [0.25, 0.3) is 10.0 Å². The summed E-state index contributed by atoms with van der Waals surface area (Å²) in [5.74, 6) is -0.283. The summed E-state index contributed by atoms with van der Waals surface area (Å²) in [5.41, 5.74) is 2.72. The summed E-state index contributed by atoms with van der Waals surface area (Å²) < 4.78 is 40.1. The van der Waals surface area contributed by atoms with Gasteiger partial charge in [0.05, 0.1) is 24.8 Å². The second-order valence-corrected chi connectivity index (χ2v) is 12.3. The number of ether oxygens (including phenoxy) is 2. The predicted octanol–water partition coefficient (Wildman–Crippen LogP) is 5.11. The molecule has 3 aromatic rings. The highest BCUT2D eigenvalue weighted by atomic mass is 35.5. The Kier molecular flexibility index (Phi) is 11.2. The molecule has 3 aromatic carbocycles. The fraction of sp³-hybridized carbons (Fsp3) is 0.355. The van der Waals surface area contributed by atoms with Crippen LogP contribution in [0.25, 0.3) is 0 Å². The quantitative estimate of drug-likeness (QED) is 0.286. The predicted molar refractivity (Wildman–Crippen MR) is 165 cm³/mol. The topological polar surface area (TPSA) is 105 Å². The number of nitrogens with one attached hydrogen (secondary N) is 1. The lowest BCUT2D eigenvalue weighted by Gasteiger charge is -2.32. The maximum absolute atomic E-state index is 14.2. The number of hydrogen-bond acceptors (Lipinski definition) is 6. The largest absolute Gasteiger partial charge is 0.493 e. The minimum absolute atomic E-state index is 0.0772. The molecule has 0 aliphatic rings. The van der Waals surface area contributed by atoms with E-state index in [0.29, 0.717) is 23.0 Å². The third-order valence-corrected chi connectivity index (χ3v) is 8.72. The molecule has 1 N–H and O–H groups in total. The molecule has 0 aliphatic heterocycles. The van der Waals surface area contributed by atoms with E-state index >= 15 is 0 Å². The van der Waals surface area contributed by atoms with Crippen molar-refractivity contribution in [3.63, 3.8) is 0 Å². The van der Waals surface area contributed by atoms with Gasteiger partial charge < -0.3 is 19.7 Å². The highest BCUT2D eigenvalue weighted by Crippen LogP contribution is 2.33. The van der Waals surface area contributed by atoms with Gasteiger partial charge in [0.15, 0.2) is 11.5 Å². The summed E-state index contributed by atoms with van der Waals surface area (Å²) in [6.07, 6.45) is 0.730. The molecule has 0 fully saturated rings. The van der Waals surface area contributed by atoms with E-state index in [1.807, 2.05) is 26.8 Å². The van der Waals surface area contributed by atoms with Gasteiger partial charge in [0, 0.05) is 24.2 Å². The number of sulfonamides is 1. The van der Waals surface area contributed by atoms with Gasteiger partial charge in [0.2, 0.25) is 11.8 Å². The van der Waals surface area contributed by atoms with Crippen molar-refractivity contribution in [2.75, 3.05) is 31.6 Å². The number of amides is 2. The van der Waals surface area contributed by atoms with E-state index in [1.165, 1.54) is 37.3 Å². The van der Waals surface area contributed by atoms with E-state index in [-0.39, 0.29) is 23.1 Å². The van der Waals surface area contributed by atoms with Crippen LogP contribution in [0.2, 0.25) is 5.02 Å². The molecule has 0 bridgehead atoms. The van der Waals surface area contributed by atoms with Crippen molar-refractivity contribution in [3.05, 3.63) is 82.4 Å². The van der Waals surface area contributed by atoms with Gasteiger partial charge in [-0.2, -0.15) is 0 Å². The van der Waals surface area contributed by atoms with Crippen LogP contribution < -0.4 is 19.1 Å². The average Bonchev–Trinajstić information content (AvgIpc) is 2.96. The zero-order chi connectivity index (χ0) is 31.0. The van der Waals surface area contributed by atoms with Crippen molar-refractivity contribution in [2.24, 2.45) is 0 Å². The van der Waals surface area contributed by atoms with E-state index in [1.54, 1.807) is 43.3 Å². The van der Waals surface area contributed by atoms with Crippen molar-refractivity contribution in [2.45, 2.75) is 51.6 Å². The van der Waals surface area contributed by atoms with Crippen LogP contribution >= 0.6 is 11.6 Å². The molecule has 0 heterocycles. The zero-order valence-corrected chi connectivity index (χ0v) is 26.4. The number of carbonyl (C=O) groups excluding carboxylic acids is 2. The first kappa shape index (κ1) is 32.8. The number of nitrogens with zero attached hydrogens (tertiary/aromatic N) is 2. The first-order chi connectivity index (χ1) is 19.9. The van der Waals surface area contributed by atoms with E-state index in [0.717, 1.165) is 27.4 Å². The van der Waals surface area contributed by atoms with Crippen LogP contribution in [-0.4, -0.2) is 58.5 Å². The fourth-order valence-electron chi connectivity index (χ4n) is 4.49. The summed E-state index contributed by atoms with van der Waals surface area (Å²) in [5, 5.41) is 3.36. The molecule has 42 heavy (non-hydrogen) atoms. The van der Waals surface area contributed by atoms with Crippen molar-refractivity contribution in [1.29, 1.82) is 0 Å². The number of aryl methyl sites for hydroxylation is 2. The Bertz CT molecular complexity index is 1490. The molecule has 11 heteroatoms. The Balaban J connectivity index is 2.09.